The van der Waals surface area contributed by atoms with E-state index < -0.39 is 5.82 Å². The lowest BCUT2D eigenvalue weighted by molar-refractivity contribution is 0.0394. The summed E-state index contributed by atoms with van der Waals surface area (Å²) < 4.78 is 34.6. The van der Waals surface area contributed by atoms with E-state index in [-0.39, 0.29) is 46.3 Å². The lowest BCUT2D eigenvalue weighted by Crippen LogP contribution is -2.39. The van der Waals surface area contributed by atoms with E-state index in [2.05, 4.69) is 10.1 Å². The molecule has 4 aromatic rings. The normalized spacial score (nSPS) is 16.0. The summed E-state index contributed by atoms with van der Waals surface area (Å²) in [7, 11) is 3.31. The first-order chi connectivity index (χ1) is 17.4. The topological polar surface area (TPSA) is 96.0 Å². The zero-order chi connectivity index (χ0) is 25.4. The first-order valence-electron chi connectivity index (χ1n) is 11.2. The van der Waals surface area contributed by atoms with Gasteiger partial charge in [-0.2, -0.15) is 10.1 Å². The zero-order valence-electron chi connectivity index (χ0n) is 19.9. The average molecular weight is 515 g/mol. The highest BCUT2D eigenvalue weighted by molar-refractivity contribution is 6.30. The van der Waals surface area contributed by atoms with E-state index in [1.165, 1.54) is 23.6 Å². The van der Waals surface area contributed by atoms with Crippen LogP contribution in [0.1, 0.15) is 17.2 Å². The molecule has 1 aliphatic heterocycles. The fraction of sp³-hybridized carbons (Fsp3) is 0.333. The number of ether oxygens (including phenoxy) is 3. The SMILES string of the molecule is COCOc1nc2c(-c3ccc(Cl)cc3F)nc(N3CCO[C@@H](c4cnn(C)c4)C3)cn2c(=O)c1C. The number of fused-ring (bicyclic) bond motifs is 1. The van der Waals surface area contributed by atoms with E-state index in [1.807, 2.05) is 18.1 Å². The van der Waals surface area contributed by atoms with Crippen molar-refractivity contribution in [3.63, 3.8) is 0 Å². The third kappa shape index (κ3) is 4.52. The van der Waals surface area contributed by atoms with E-state index in [9.17, 15) is 4.79 Å². The van der Waals surface area contributed by atoms with Gasteiger partial charge in [-0.05, 0) is 25.1 Å². The molecule has 0 unspecified atom stereocenters. The van der Waals surface area contributed by atoms with Crippen molar-refractivity contribution in [1.82, 2.24) is 24.1 Å². The molecule has 0 spiro atoms. The molecule has 0 N–H and O–H groups in total. The van der Waals surface area contributed by atoms with Gasteiger partial charge in [-0.15, -0.1) is 0 Å². The highest BCUT2D eigenvalue weighted by Gasteiger charge is 2.26. The number of benzene rings is 1. The standard InChI is InChI=1S/C24H24ClFN6O4/c1-14-23(36-13-34-3)29-22-21(17-5-4-16(25)8-18(17)26)28-20(12-32(22)24(14)33)31-6-7-35-19(11-31)15-9-27-30(2)10-15/h4-5,8-10,12,19H,6-7,11,13H2,1-3H3/t19-/m1/s1. The average Bonchev–Trinajstić information content (AvgIpc) is 3.31. The van der Waals surface area contributed by atoms with Crippen molar-refractivity contribution in [2.45, 2.75) is 13.0 Å². The summed E-state index contributed by atoms with van der Waals surface area (Å²) in [5.41, 5.74) is 1.36. The van der Waals surface area contributed by atoms with Gasteiger partial charge in [0.25, 0.3) is 5.56 Å². The minimum Gasteiger partial charge on any atom is -0.450 e. The van der Waals surface area contributed by atoms with Crippen LogP contribution < -0.4 is 15.2 Å². The van der Waals surface area contributed by atoms with Crippen LogP contribution in [0.4, 0.5) is 10.2 Å². The molecule has 3 aromatic heterocycles. The molecule has 0 saturated carbocycles. The molecule has 10 nitrogen and oxygen atoms in total. The van der Waals surface area contributed by atoms with Crippen LogP contribution in [0.5, 0.6) is 5.88 Å². The van der Waals surface area contributed by atoms with Crippen molar-refractivity contribution in [3.05, 3.63) is 69.1 Å². The highest BCUT2D eigenvalue weighted by atomic mass is 35.5. The van der Waals surface area contributed by atoms with Crippen LogP contribution in [0.2, 0.25) is 5.02 Å². The van der Waals surface area contributed by atoms with Crippen molar-refractivity contribution >= 4 is 23.1 Å². The third-order valence-electron chi connectivity index (χ3n) is 5.97. The maximum Gasteiger partial charge on any atom is 0.264 e. The zero-order valence-corrected chi connectivity index (χ0v) is 20.7. The number of nitrogens with zero attached hydrogens (tertiary/aromatic N) is 6. The van der Waals surface area contributed by atoms with Crippen LogP contribution in [-0.4, -0.2) is 57.7 Å². The van der Waals surface area contributed by atoms with Crippen molar-refractivity contribution in [1.29, 1.82) is 0 Å². The Hall–Kier alpha value is -3.54. The van der Waals surface area contributed by atoms with Crippen molar-refractivity contribution in [3.8, 4) is 17.1 Å². The number of aryl methyl sites for hydroxylation is 1. The maximum atomic E-state index is 15.1. The molecule has 188 valence electrons. The number of anilines is 1. The number of morpholine rings is 1. The molecule has 0 aliphatic carbocycles. The van der Waals surface area contributed by atoms with E-state index in [0.29, 0.717) is 31.1 Å². The van der Waals surface area contributed by atoms with Crippen LogP contribution in [-0.2, 0) is 16.5 Å². The number of rotatable bonds is 6. The maximum absolute atomic E-state index is 15.1. The van der Waals surface area contributed by atoms with Crippen LogP contribution in [0.15, 0.2) is 41.6 Å². The lowest BCUT2D eigenvalue weighted by atomic mass is 10.1. The Kier molecular flexibility index (Phi) is 6.61. The minimum absolute atomic E-state index is 0.0926. The molecule has 4 heterocycles. The fourth-order valence-electron chi connectivity index (χ4n) is 4.13. The highest BCUT2D eigenvalue weighted by Crippen LogP contribution is 2.31. The van der Waals surface area contributed by atoms with Gasteiger partial charge in [0.1, 0.15) is 23.4 Å². The molecule has 1 saturated heterocycles. The molecular formula is C24H24ClFN6O4. The summed E-state index contributed by atoms with van der Waals surface area (Å²) in [4.78, 5) is 24.6. The van der Waals surface area contributed by atoms with E-state index >= 15 is 4.39 Å². The number of methoxy groups -OCH3 is 1. The molecule has 0 bridgehead atoms. The van der Waals surface area contributed by atoms with Gasteiger partial charge in [0.2, 0.25) is 5.88 Å². The molecule has 1 aromatic carbocycles. The van der Waals surface area contributed by atoms with Gasteiger partial charge in [0, 0.05) is 43.0 Å². The second-order valence-corrected chi connectivity index (χ2v) is 8.85. The van der Waals surface area contributed by atoms with Crippen LogP contribution >= 0.6 is 11.6 Å². The van der Waals surface area contributed by atoms with Crippen LogP contribution in [0, 0.1) is 12.7 Å². The van der Waals surface area contributed by atoms with Crippen LogP contribution in [0.25, 0.3) is 16.9 Å². The lowest BCUT2D eigenvalue weighted by Gasteiger charge is -2.33. The predicted molar refractivity (Wildman–Crippen MR) is 131 cm³/mol. The van der Waals surface area contributed by atoms with Gasteiger partial charge in [-0.25, -0.2) is 9.37 Å². The first kappa shape index (κ1) is 24.2. The molecule has 36 heavy (non-hydrogen) atoms. The van der Waals surface area contributed by atoms with E-state index in [4.69, 9.17) is 30.8 Å². The molecule has 5 rings (SSSR count). The summed E-state index contributed by atoms with van der Waals surface area (Å²) in [5.74, 6) is -0.00798. The van der Waals surface area contributed by atoms with Gasteiger partial charge >= 0.3 is 0 Å². The summed E-state index contributed by atoms with van der Waals surface area (Å²) >= 11 is 5.99. The minimum atomic E-state index is -0.585. The molecular weight excluding hydrogens is 491 g/mol. The van der Waals surface area contributed by atoms with Gasteiger partial charge in [0.05, 0.1) is 31.1 Å². The summed E-state index contributed by atoms with van der Waals surface area (Å²) in [6, 6.07) is 4.28. The molecule has 12 heteroatoms. The fourth-order valence-corrected chi connectivity index (χ4v) is 4.29. The Balaban J connectivity index is 1.67. The largest absolute Gasteiger partial charge is 0.450 e. The smallest absolute Gasteiger partial charge is 0.264 e. The number of halogens is 2. The third-order valence-corrected chi connectivity index (χ3v) is 6.20. The van der Waals surface area contributed by atoms with Gasteiger partial charge in [-0.1, -0.05) is 11.6 Å². The van der Waals surface area contributed by atoms with Gasteiger partial charge in [0.15, 0.2) is 12.4 Å². The van der Waals surface area contributed by atoms with Gasteiger partial charge in [-0.3, -0.25) is 13.9 Å². The van der Waals surface area contributed by atoms with Crippen molar-refractivity contribution < 1.29 is 18.6 Å². The Morgan fingerprint density at radius 2 is 2.11 bits per heavy atom. The van der Waals surface area contributed by atoms with Gasteiger partial charge < -0.3 is 19.1 Å². The Labute approximate surface area is 210 Å². The monoisotopic (exact) mass is 514 g/mol. The quantitative estimate of drug-likeness (QED) is 0.362. The molecule has 1 aliphatic rings. The van der Waals surface area contributed by atoms with Crippen molar-refractivity contribution in [2.75, 3.05) is 38.5 Å². The summed E-state index contributed by atoms with van der Waals surface area (Å²) in [6.07, 6.45) is 5.04. The Bertz CT molecular complexity index is 1490. The number of aromatic nitrogens is 5. The summed E-state index contributed by atoms with van der Waals surface area (Å²) in [6.45, 7) is 2.97. The Morgan fingerprint density at radius 3 is 2.83 bits per heavy atom. The first-order valence-corrected chi connectivity index (χ1v) is 11.6. The van der Waals surface area contributed by atoms with Crippen molar-refractivity contribution in [2.24, 2.45) is 7.05 Å². The number of hydrogen-bond donors (Lipinski definition) is 0. The molecule has 0 radical (unpaired) electrons. The predicted octanol–water partition coefficient (Wildman–Crippen LogP) is 3.15. The summed E-state index contributed by atoms with van der Waals surface area (Å²) in [5, 5.41) is 4.47. The molecule has 1 fully saturated rings. The second kappa shape index (κ2) is 9.84. The second-order valence-electron chi connectivity index (χ2n) is 8.42. The number of hydrogen-bond acceptors (Lipinski definition) is 8. The van der Waals surface area contributed by atoms with E-state index in [1.54, 1.807) is 30.1 Å². The molecule has 1 atom stereocenters. The van der Waals surface area contributed by atoms with E-state index in [0.717, 1.165) is 5.56 Å². The van der Waals surface area contributed by atoms with Crippen LogP contribution in [0.3, 0.4) is 0 Å². The Morgan fingerprint density at radius 1 is 1.28 bits per heavy atom. The molecule has 0 amide bonds.